The van der Waals surface area contributed by atoms with E-state index in [9.17, 15) is 9.59 Å². The Morgan fingerprint density at radius 3 is 2.58 bits per heavy atom. The number of nitrogens with zero attached hydrogens (tertiary/aromatic N) is 3. The van der Waals surface area contributed by atoms with Crippen LogP contribution in [0.1, 0.15) is 45.1 Å². The number of hydrogen-bond donors (Lipinski definition) is 3. The number of carbonyl (C=O) groups is 1. The SMILES string of the molecule is CCCN(CCC)C(=O)C1=Cc2ccc(-c3ccc4c(=O)n(CCC(=N)/C=C\NC)ccc4c3)cc2N=C(N)C1. The second-order valence-electron chi connectivity index (χ2n) is 10.0. The standard InChI is InChI=1S/C32H38N6O2/c1-4-14-37(15-5-2)31(39)26-19-25-7-6-23(20-29(25)36-30(34)21-26)22-8-9-28-24(18-22)11-16-38(32(28)40)17-12-27(33)10-13-35-3/h6-11,13,16,18-20,33,35H,4-5,12,14-15,17,21H2,1-3H3,(H2,34,36)/b13-10-,33-27?. The first-order valence-electron chi connectivity index (χ1n) is 13.9. The van der Waals surface area contributed by atoms with Crippen molar-refractivity contribution in [2.75, 3.05) is 20.1 Å². The molecular weight excluding hydrogens is 500 g/mol. The summed E-state index contributed by atoms with van der Waals surface area (Å²) in [7, 11) is 1.78. The molecule has 0 spiro atoms. The van der Waals surface area contributed by atoms with E-state index in [1.807, 2.05) is 53.4 Å². The van der Waals surface area contributed by atoms with Crippen LogP contribution in [0.2, 0.25) is 0 Å². The maximum absolute atomic E-state index is 13.3. The molecule has 0 unspecified atom stereocenters. The lowest BCUT2D eigenvalue weighted by Crippen LogP contribution is -2.34. The van der Waals surface area contributed by atoms with Gasteiger partial charge in [0.2, 0.25) is 5.91 Å². The molecule has 1 aromatic heterocycles. The molecule has 0 aliphatic carbocycles. The van der Waals surface area contributed by atoms with Gasteiger partial charge in [-0.1, -0.05) is 32.0 Å². The van der Waals surface area contributed by atoms with Crippen LogP contribution < -0.4 is 16.6 Å². The molecule has 0 radical (unpaired) electrons. The fourth-order valence-corrected chi connectivity index (χ4v) is 4.92. The van der Waals surface area contributed by atoms with Crippen LogP contribution in [0, 0.1) is 5.41 Å². The lowest BCUT2D eigenvalue weighted by atomic mass is 9.99. The van der Waals surface area contributed by atoms with Crippen LogP contribution in [0.25, 0.3) is 28.0 Å². The van der Waals surface area contributed by atoms with Gasteiger partial charge in [0.15, 0.2) is 0 Å². The number of fused-ring (bicyclic) bond motifs is 2. The number of aliphatic imine (C=N–C) groups is 1. The number of carbonyl (C=O) groups excluding carboxylic acids is 1. The van der Waals surface area contributed by atoms with Crippen molar-refractivity contribution in [2.45, 2.75) is 46.1 Å². The third-order valence-electron chi connectivity index (χ3n) is 6.93. The Morgan fingerprint density at radius 1 is 1.12 bits per heavy atom. The lowest BCUT2D eigenvalue weighted by Gasteiger charge is -2.22. The van der Waals surface area contributed by atoms with E-state index < -0.39 is 0 Å². The predicted octanol–water partition coefficient (Wildman–Crippen LogP) is 5.24. The van der Waals surface area contributed by atoms with E-state index >= 15 is 0 Å². The summed E-state index contributed by atoms with van der Waals surface area (Å²) >= 11 is 0. The van der Waals surface area contributed by atoms with Gasteiger partial charge < -0.3 is 25.9 Å². The number of amides is 1. The van der Waals surface area contributed by atoms with Crippen LogP contribution in [0.5, 0.6) is 0 Å². The third-order valence-corrected chi connectivity index (χ3v) is 6.93. The molecule has 3 aromatic rings. The third kappa shape index (κ3) is 6.57. The number of aromatic nitrogens is 1. The first-order valence-corrected chi connectivity index (χ1v) is 13.9. The Labute approximate surface area is 235 Å². The van der Waals surface area contributed by atoms with E-state index in [0.717, 1.165) is 53.7 Å². The van der Waals surface area contributed by atoms with E-state index in [1.54, 1.807) is 30.1 Å². The number of rotatable bonds is 11. The molecule has 40 heavy (non-hydrogen) atoms. The minimum atomic E-state index is -0.0729. The molecule has 8 nitrogen and oxygen atoms in total. The van der Waals surface area contributed by atoms with E-state index in [0.29, 0.717) is 41.9 Å². The highest BCUT2D eigenvalue weighted by atomic mass is 16.2. The molecule has 8 heteroatoms. The van der Waals surface area contributed by atoms with Gasteiger partial charge in [0.25, 0.3) is 5.56 Å². The van der Waals surface area contributed by atoms with Crippen molar-refractivity contribution in [2.24, 2.45) is 10.7 Å². The number of allylic oxidation sites excluding steroid dienone is 1. The molecule has 2 heterocycles. The number of hydrogen-bond acceptors (Lipinski definition) is 6. The Kier molecular flexibility index (Phi) is 9.32. The zero-order valence-electron chi connectivity index (χ0n) is 23.5. The maximum Gasteiger partial charge on any atom is 0.258 e. The number of benzene rings is 2. The first-order chi connectivity index (χ1) is 19.3. The average molecular weight is 539 g/mol. The maximum atomic E-state index is 13.3. The number of aryl methyl sites for hydroxylation is 1. The van der Waals surface area contributed by atoms with E-state index in [4.69, 9.17) is 11.1 Å². The summed E-state index contributed by atoms with van der Waals surface area (Å²) in [6.45, 7) is 6.03. The quantitative estimate of drug-likeness (QED) is 0.290. The second-order valence-corrected chi connectivity index (χ2v) is 10.0. The number of nitrogens with one attached hydrogen (secondary N) is 2. The summed E-state index contributed by atoms with van der Waals surface area (Å²) in [5.41, 5.74) is 10.8. The smallest absolute Gasteiger partial charge is 0.258 e. The normalized spacial score (nSPS) is 13.0. The Hall–Kier alpha value is -4.46. The van der Waals surface area contributed by atoms with Crippen molar-refractivity contribution >= 4 is 40.0 Å². The molecule has 0 saturated heterocycles. The molecule has 0 bridgehead atoms. The molecule has 1 aliphatic heterocycles. The highest BCUT2D eigenvalue weighted by Crippen LogP contribution is 2.33. The van der Waals surface area contributed by atoms with Crippen molar-refractivity contribution in [3.05, 3.63) is 82.4 Å². The summed E-state index contributed by atoms with van der Waals surface area (Å²) in [5, 5.41) is 12.3. The minimum absolute atomic E-state index is 0.0187. The van der Waals surface area contributed by atoms with Crippen LogP contribution in [0.15, 0.2) is 76.3 Å². The van der Waals surface area contributed by atoms with Crippen LogP contribution in [-0.4, -0.2) is 47.1 Å². The summed E-state index contributed by atoms with van der Waals surface area (Å²) in [4.78, 5) is 32.9. The van der Waals surface area contributed by atoms with Crippen molar-refractivity contribution in [1.82, 2.24) is 14.8 Å². The topological polar surface area (TPSA) is 117 Å². The summed E-state index contributed by atoms with van der Waals surface area (Å²) in [5.74, 6) is 0.433. The summed E-state index contributed by atoms with van der Waals surface area (Å²) in [6.07, 6.45) is 9.70. The Bertz CT molecular complexity index is 1560. The van der Waals surface area contributed by atoms with Gasteiger partial charge >= 0.3 is 0 Å². The van der Waals surface area contributed by atoms with Gasteiger partial charge in [-0.3, -0.25) is 9.59 Å². The summed E-state index contributed by atoms with van der Waals surface area (Å²) < 4.78 is 1.65. The molecule has 0 saturated carbocycles. The molecule has 1 aliphatic rings. The number of pyridine rings is 1. The van der Waals surface area contributed by atoms with Gasteiger partial charge in [-0.25, -0.2) is 4.99 Å². The highest BCUT2D eigenvalue weighted by molar-refractivity contribution is 6.05. The second kappa shape index (κ2) is 13.1. The van der Waals surface area contributed by atoms with Crippen LogP contribution in [0.4, 0.5) is 5.69 Å². The van der Waals surface area contributed by atoms with Crippen LogP contribution in [-0.2, 0) is 11.3 Å². The molecule has 2 aromatic carbocycles. The molecule has 4 N–H and O–H groups in total. The Morgan fingerprint density at radius 2 is 1.85 bits per heavy atom. The molecular formula is C32H38N6O2. The Balaban J connectivity index is 1.61. The van der Waals surface area contributed by atoms with Crippen molar-refractivity contribution < 1.29 is 4.79 Å². The fraction of sp³-hybridized carbons (Fsp3) is 0.312. The number of amidine groups is 1. The van der Waals surface area contributed by atoms with Gasteiger partial charge in [-0.05, 0) is 72.0 Å². The molecule has 208 valence electrons. The first kappa shape index (κ1) is 28.5. The van der Waals surface area contributed by atoms with Crippen LogP contribution >= 0.6 is 0 Å². The van der Waals surface area contributed by atoms with E-state index in [-0.39, 0.29) is 11.5 Å². The molecule has 1 amide bonds. The fourth-order valence-electron chi connectivity index (χ4n) is 4.92. The largest absolute Gasteiger partial charge is 0.394 e. The average Bonchev–Trinajstić information content (AvgIpc) is 3.12. The zero-order valence-corrected chi connectivity index (χ0v) is 23.5. The summed E-state index contributed by atoms with van der Waals surface area (Å²) in [6, 6.07) is 13.7. The molecule has 4 rings (SSSR count). The predicted molar refractivity (Wildman–Crippen MR) is 165 cm³/mol. The van der Waals surface area contributed by atoms with Gasteiger partial charge in [0, 0.05) is 68.0 Å². The van der Waals surface area contributed by atoms with Gasteiger partial charge in [0.05, 0.1) is 5.69 Å². The van der Waals surface area contributed by atoms with Gasteiger partial charge in [-0.15, -0.1) is 0 Å². The van der Waals surface area contributed by atoms with Crippen LogP contribution in [0.3, 0.4) is 0 Å². The van der Waals surface area contributed by atoms with Gasteiger partial charge in [-0.2, -0.15) is 0 Å². The van der Waals surface area contributed by atoms with Gasteiger partial charge in [0.1, 0.15) is 5.84 Å². The van der Waals surface area contributed by atoms with E-state index in [2.05, 4.69) is 24.2 Å². The van der Waals surface area contributed by atoms with E-state index in [1.165, 1.54) is 0 Å². The highest BCUT2D eigenvalue weighted by Gasteiger charge is 2.21. The van der Waals surface area contributed by atoms with Crippen molar-refractivity contribution in [1.29, 1.82) is 5.41 Å². The lowest BCUT2D eigenvalue weighted by molar-refractivity contribution is -0.127. The number of nitrogens with two attached hydrogens (primary N) is 1. The molecule has 0 atom stereocenters. The minimum Gasteiger partial charge on any atom is -0.394 e. The van der Waals surface area contributed by atoms with Crippen molar-refractivity contribution in [3.63, 3.8) is 0 Å². The zero-order chi connectivity index (χ0) is 28.6. The monoisotopic (exact) mass is 538 g/mol. The van der Waals surface area contributed by atoms with Crippen molar-refractivity contribution in [3.8, 4) is 11.1 Å². The molecule has 0 fully saturated rings.